The molecule has 1 amide bonds. The summed E-state index contributed by atoms with van der Waals surface area (Å²) in [7, 11) is 0. The number of halogens is 1. The first-order chi connectivity index (χ1) is 15.3. The van der Waals surface area contributed by atoms with Crippen LogP contribution >= 0.6 is 22.9 Å². The van der Waals surface area contributed by atoms with E-state index in [0.29, 0.717) is 15.7 Å². The van der Waals surface area contributed by atoms with E-state index in [1.165, 1.54) is 46.6 Å². The van der Waals surface area contributed by atoms with Crippen LogP contribution in [0.4, 0.5) is 10.8 Å². The number of hydrogen-bond donors (Lipinski definition) is 0. The quantitative estimate of drug-likeness (QED) is 0.303. The number of aryl methyl sites for hydroxylation is 2. The number of non-ortho nitro benzene ring substituents is 1. The summed E-state index contributed by atoms with van der Waals surface area (Å²) in [5, 5.41) is 12.1. The number of hydrogen-bond acceptors (Lipinski definition) is 7. The van der Waals surface area contributed by atoms with Crippen LogP contribution in [0.1, 0.15) is 38.3 Å². The first-order valence-electron chi connectivity index (χ1n) is 9.54. The normalized spacial score (nSPS) is 15.4. The summed E-state index contributed by atoms with van der Waals surface area (Å²) in [5.41, 5.74) is 1.23. The van der Waals surface area contributed by atoms with Crippen molar-refractivity contribution in [3.63, 3.8) is 0 Å². The summed E-state index contributed by atoms with van der Waals surface area (Å²) in [5.74, 6) is -0.565. The number of benzene rings is 2. The lowest BCUT2D eigenvalue weighted by molar-refractivity contribution is -0.384. The molecule has 1 atom stereocenters. The van der Waals surface area contributed by atoms with Crippen LogP contribution < -0.4 is 10.3 Å². The molecule has 2 aromatic heterocycles. The van der Waals surface area contributed by atoms with Crippen LogP contribution in [0.5, 0.6) is 0 Å². The Morgan fingerprint density at radius 3 is 2.50 bits per heavy atom. The molecule has 0 N–H and O–H groups in total. The number of anilines is 1. The van der Waals surface area contributed by atoms with Crippen LogP contribution in [-0.4, -0.2) is 15.8 Å². The van der Waals surface area contributed by atoms with E-state index in [-0.39, 0.29) is 33.4 Å². The van der Waals surface area contributed by atoms with E-state index in [4.69, 9.17) is 16.0 Å². The van der Waals surface area contributed by atoms with E-state index in [1.807, 2.05) is 13.8 Å². The fourth-order valence-electron chi connectivity index (χ4n) is 3.79. The molecule has 1 aliphatic rings. The Balaban J connectivity index is 1.79. The van der Waals surface area contributed by atoms with E-state index >= 15 is 0 Å². The molecule has 0 aliphatic carbocycles. The van der Waals surface area contributed by atoms with E-state index in [1.54, 1.807) is 12.1 Å². The largest absolute Gasteiger partial charge is 0.450 e. The second-order valence-corrected chi connectivity index (χ2v) is 9.00. The Morgan fingerprint density at radius 1 is 1.16 bits per heavy atom. The van der Waals surface area contributed by atoms with Gasteiger partial charge < -0.3 is 4.42 Å². The number of nitro groups is 1. The monoisotopic (exact) mass is 467 g/mol. The number of carbonyl (C=O) groups excluding carboxylic acids is 1. The minimum absolute atomic E-state index is 0.0707. The molecule has 8 nitrogen and oxygen atoms in total. The SMILES string of the molecule is Cc1nc(N2C(=O)c3oc4ccc(Cl)cc4c(=O)c3C2c2ccc([N+](=O)[O-])cc2)sc1C. The number of nitrogens with zero attached hydrogens (tertiary/aromatic N) is 3. The highest BCUT2D eigenvalue weighted by molar-refractivity contribution is 7.15. The molecule has 4 aromatic rings. The number of aromatic nitrogens is 1. The first-order valence-corrected chi connectivity index (χ1v) is 10.7. The van der Waals surface area contributed by atoms with Crippen molar-refractivity contribution in [2.75, 3.05) is 4.90 Å². The summed E-state index contributed by atoms with van der Waals surface area (Å²) in [6.45, 7) is 3.73. The zero-order chi connectivity index (χ0) is 22.7. The topological polar surface area (TPSA) is 107 Å². The van der Waals surface area contributed by atoms with E-state index < -0.39 is 16.9 Å². The van der Waals surface area contributed by atoms with Gasteiger partial charge in [-0.1, -0.05) is 11.6 Å². The average Bonchev–Trinajstić information content (AvgIpc) is 3.25. The maximum absolute atomic E-state index is 13.5. The van der Waals surface area contributed by atoms with Gasteiger partial charge >= 0.3 is 0 Å². The Morgan fingerprint density at radius 2 is 1.88 bits per heavy atom. The van der Waals surface area contributed by atoms with Gasteiger partial charge in [0.2, 0.25) is 5.76 Å². The minimum atomic E-state index is -0.845. The maximum atomic E-state index is 13.5. The van der Waals surface area contributed by atoms with Gasteiger partial charge in [0.15, 0.2) is 10.6 Å². The van der Waals surface area contributed by atoms with E-state index in [2.05, 4.69) is 4.98 Å². The van der Waals surface area contributed by atoms with Crippen molar-refractivity contribution in [3.05, 3.63) is 95.3 Å². The number of fused-ring (bicyclic) bond motifs is 2. The molecule has 0 saturated carbocycles. The molecule has 0 saturated heterocycles. The predicted octanol–water partition coefficient (Wildman–Crippen LogP) is 5.18. The van der Waals surface area contributed by atoms with Gasteiger partial charge in [0.1, 0.15) is 5.58 Å². The summed E-state index contributed by atoms with van der Waals surface area (Å²) in [4.78, 5) is 44.4. The molecule has 0 spiro atoms. The average molecular weight is 468 g/mol. The highest BCUT2D eigenvalue weighted by Crippen LogP contribution is 2.43. The third-order valence-electron chi connectivity index (χ3n) is 5.48. The molecule has 3 heterocycles. The smallest absolute Gasteiger partial charge is 0.297 e. The van der Waals surface area contributed by atoms with Crippen molar-refractivity contribution in [3.8, 4) is 0 Å². The molecular formula is C22H14ClN3O5S. The van der Waals surface area contributed by atoms with Crippen molar-refractivity contribution in [2.24, 2.45) is 0 Å². The number of nitro benzene ring substituents is 1. The number of amides is 1. The van der Waals surface area contributed by atoms with Gasteiger partial charge in [0.05, 0.1) is 27.6 Å². The second kappa shape index (κ2) is 7.25. The lowest BCUT2D eigenvalue weighted by Gasteiger charge is -2.22. The Bertz CT molecular complexity index is 1470. The van der Waals surface area contributed by atoms with Gasteiger partial charge in [-0.3, -0.25) is 24.6 Å². The van der Waals surface area contributed by atoms with E-state index in [9.17, 15) is 19.7 Å². The third kappa shape index (κ3) is 3.01. The lowest BCUT2D eigenvalue weighted by atomic mass is 9.98. The zero-order valence-electron chi connectivity index (χ0n) is 16.8. The summed E-state index contributed by atoms with van der Waals surface area (Å²) in [6.07, 6.45) is 0. The minimum Gasteiger partial charge on any atom is -0.450 e. The summed E-state index contributed by atoms with van der Waals surface area (Å²) in [6, 6.07) is 9.54. The second-order valence-electron chi connectivity index (χ2n) is 7.38. The van der Waals surface area contributed by atoms with Crippen molar-refractivity contribution in [1.82, 2.24) is 4.98 Å². The molecule has 0 fully saturated rings. The molecule has 160 valence electrons. The van der Waals surface area contributed by atoms with E-state index in [0.717, 1.165) is 10.6 Å². The standard InChI is InChI=1S/C22H14ClN3O5S/c1-10-11(2)32-22(24-10)25-18(12-3-6-14(7-4-12)26(29)30)17-19(27)15-9-13(23)5-8-16(15)31-20(17)21(25)28/h3-9,18H,1-2H3. The highest BCUT2D eigenvalue weighted by atomic mass is 35.5. The maximum Gasteiger partial charge on any atom is 0.297 e. The van der Waals surface area contributed by atoms with Gasteiger partial charge in [0, 0.05) is 22.0 Å². The molecule has 0 radical (unpaired) electrons. The van der Waals surface area contributed by atoms with Crippen LogP contribution in [0.2, 0.25) is 5.02 Å². The number of rotatable bonds is 3. The Hall–Kier alpha value is -3.56. The van der Waals surface area contributed by atoms with Gasteiger partial charge in [0.25, 0.3) is 11.6 Å². The third-order valence-corrected chi connectivity index (χ3v) is 6.78. The molecule has 1 aliphatic heterocycles. The number of carbonyl (C=O) groups is 1. The van der Waals surface area contributed by atoms with Crippen molar-refractivity contribution in [1.29, 1.82) is 0 Å². The molecule has 2 aromatic carbocycles. The van der Waals surface area contributed by atoms with Crippen molar-refractivity contribution >= 4 is 50.6 Å². The fraction of sp³-hybridized carbons (Fsp3) is 0.136. The van der Waals surface area contributed by atoms with Gasteiger partial charge in [-0.05, 0) is 49.7 Å². The van der Waals surface area contributed by atoms with Crippen molar-refractivity contribution < 1.29 is 14.1 Å². The Kier molecular flexibility index (Phi) is 4.61. The van der Waals surface area contributed by atoms with Crippen LogP contribution in [0.3, 0.4) is 0 Å². The zero-order valence-corrected chi connectivity index (χ0v) is 18.4. The van der Waals surface area contributed by atoms with Gasteiger partial charge in [-0.15, -0.1) is 11.3 Å². The Labute approximate surface area is 189 Å². The molecule has 10 heteroatoms. The van der Waals surface area contributed by atoms with Gasteiger partial charge in [-0.2, -0.15) is 0 Å². The van der Waals surface area contributed by atoms with Crippen LogP contribution in [0.15, 0.2) is 51.7 Å². The molecule has 1 unspecified atom stereocenters. The molecule has 0 bridgehead atoms. The predicted molar refractivity (Wildman–Crippen MR) is 121 cm³/mol. The summed E-state index contributed by atoms with van der Waals surface area (Å²) < 4.78 is 5.87. The van der Waals surface area contributed by atoms with Crippen LogP contribution in [-0.2, 0) is 0 Å². The lowest BCUT2D eigenvalue weighted by Crippen LogP contribution is -2.29. The van der Waals surface area contributed by atoms with Crippen molar-refractivity contribution in [2.45, 2.75) is 19.9 Å². The van der Waals surface area contributed by atoms with Crippen LogP contribution in [0.25, 0.3) is 11.0 Å². The molecule has 32 heavy (non-hydrogen) atoms. The first kappa shape index (κ1) is 20.3. The fourth-order valence-corrected chi connectivity index (χ4v) is 4.90. The number of thiazole rings is 1. The van der Waals surface area contributed by atoms with Crippen LogP contribution in [0, 0.1) is 24.0 Å². The highest BCUT2D eigenvalue weighted by Gasteiger charge is 2.45. The van der Waals surface area contributed by atoms with Gasteiger partial charge in [-0.25, -0.2) is 4.98 Å². The molecular weight excluding hydrogens is 454 g/mol. The molecule has 5 rings (SSSR count). The summed E-state index contributed by atoms with van der Waals surface area (Å²) >= 11 is 7.41.